The molecule has 0 spiro atoms. The molecule has 82 valence electrons. The first-order valence-corrected chi connectivity index (χ1v) is 4.25. The highest BCUT2D eigenvalue weighted by atomic mass is 19.1. The second-order valence-corrected chi connectivity index (χ2v) is 2.85. The minimum Gasteiger partial charge on any atom is -0.545 e. The van der Waals surface area contributed by atoms with Crippen LogP contribution in [0.2, 0.25) is 0 Å². The molecule has 0 aliphatic rings. The topological polar surface area (TPSA) is 58.6 Å². The average molecular weight is 213 g/mol. The van der Waals surface area contributed by atoms with E-state index in [9.17, 15) is 14.3 Å². The van der Waals surface area contributed by atoms with E-state index >= 15 is 0 Å². The van der Waals surface area contributed by atoms with Gasteiger partial charge in [0, 0.05) is 12.7 Å². The number of rotatable bonds is 4. The van der Waals surface area contributed by atoms with Crippen molar-refractivity contribution in [1.29, 1.82) is 0 Å². The van der Waals surface area contributed by atoms with Crippen LogP contribution in [0.25, 0.3) is 0 Å². The largest absolute Gasteiger partial charge is 0.545 e. The molecule has 0 aliphatic heterocycles. The van der Waals surface area contributed by atoms with Gasteiger partial charge in [-0.15, -0.1) is 0 Å². The Kier molecular flexibility index (Phi) is 3.62. The maximum absolute atomic E-state index is 13.1. The Balaban J connectivity index is 2.95. The van der Waals surface area contributed by atoms with Gasteiger partial charge in [0.05, 0.1) is 5.97 Å². The first kappa shape index (κ1) is 11.5. The maximum atomic E-state index is 13.1. The molecule has 1 atom stereocenters. The van der Waals surface area contributed by atoms with E-state index in [-0.39, 0.29) is 11.3 Å². The molecule has 0 heterocycles. The third-order valence-electron chi connectivity index (χ3n) is 1.79. The van der Waals surface area contributed by atoms with Crippen molar-refractivity contribution in [3.05, 3.63) is 29.6 Å². The number of carbonyl (C=O) groups excluding carboxylic acids is 1. The molecule has 0 fully saturated rings. The highest BCUT2D eigenvalue weighted by Crippen LogP contribution is 2.19. The van der Waals surface area contributed by atoms with Crippen LogP contribution in [0.5, 0.6) is 5.75 Å². The number of aromatic carboxylic acids is 1. The van der Waals surface area contributed by atoms with E-state index in [2.05, 4.69) is 0 Å². The van der Waals surface area contributed by atoms with E-state index in [0.717, 1.165) is 18.2 Å². The monoisotopic (exact) mass is 213 g/mol. The normalized spacial score (nSPS) is 12.2. The standard InChI is InChI=1S/C10H11FO4/c1-6(14-2)15-9-5-7(10(12)13)3-4-8(9)11/h3-6H,1-2H3,(H,12,13)/p-1. The first-order valence-electron chi connectivity index (χ1n) is 4.25. The molecule has 1 aromatic carbocycles. The van der Waals surface area contributed by atoms with Crippen LogP contribution < -0.4 is 9.84 Å². The molecule has 0 saturated heterocycles. The lowest BCUT2D eigenvalue weighted by Gasteiger charge is -2.14. The molecule has 0 radical (unpaired) electrons. The van der Waals surface area contributed by atoms with E-state index in [4.69, 9.17) is 9.47 Å². The van der Waals surface area contributed by atoms with Crippen LogP contribution in [0.15, 0.2) is 18.2 Å². The van der Waals surface area contributed by atoms with Crippen LogP contribution in [0.4, 0.5) is 4.39 Å². The summed E-state index contributed by atoms with van der Waals surface area (Å²) >= 11 is 0. The summed E-state index contributed by atoms with van der Waals surface area (Å²) in [6, 6.07) is 3.16. The molecule has 0 aromatic heterocycles. The summed E-state index contributed by atoms with van der Waals surface area (Å²) in [6.07, 6.45) is -0.656. The Labute approximate surface area is 86.2 Å². The summed E-state index contributed by atoms with van der Waals surface area (Å²) in [4.78, 5) is 10.5. The smallest absolute Gasteiger partial charge is 0.196 e. The summed E-state index contributed by atoms with van der Waals surface area (Å²) < 4.78 is 22.9. The zero-order chi connectivity index (χ0) is 11.4. The fourth-order valence-corrected chi connectivity index (χ4v) is 0.948. The second-order valence-electron chi connectivity index (χ2n) is 2.85. The molecule has 0 saturated carbocycles. The fraction of sp³-hybridized carbons (Fsp3) is 0.300. The van der Waals surface area contributed by atoms with Gasteiger partial charge in [-0.25, -0.2) is 4.39 Å². The van der Waals surface area contributed by atoms with Gasteiger partial charge < -0.3 is 19.4 Å². The Morgan fingerprint density at radius 2 is 2.20 bits per heavy atom. The predicted octanol–water partition coefficient (Wildman–Crippen LogP) is 0.560. The summed E-state index contributed by atoms with van der Waals surface area (Å²) in [5.74, 6) is -2.21. The van der Waals surface area contributed by atoms with Crippen LogP contribution in [-0.2, 0) is 4.74 Å². The lowest BCUT2D eigenvalue weighted by atomic mass is 10.2. The highest BCUT2D eigenvalue weighted by Gasteiger charge is 2.08. The van der Waals surface area contributed by atoms with Crippen LogP contribution >= 0.6 is 0 Å². The molecule has 5 heteroatoms. The lowest BCUT2D eigenvalue weighted by molar-refractivity contribution is -0.255. The molecule has 1 unspecified atom stereocenters. The van der Waals surface area contributed by atoms with E-state index in [0.29, 0.717) is 0 Å². The Morgan fingerprint density at radius 1 is 1.53 bits per heavy atom. The van der Waals surface area contributed by atoms with Crippen molar-refractivity contribution in [2.75, 3.05) is 7.11 Å². The molecule has 1 aromatic rings. The first-order chi connectivity index (χ1) is 7.04. The van der Waals surface area contributed by atoms with E-state index in [1.54, 1.807) is 6.92 Å². The molecule has 0 aliphatic carbocycles. The summed E-state index contributed by atoms with van der Waals surface area (Å²) in [7, 11) is 1.39. The van der Waals surface area contributed by atoms with Gasteiger partial charge in [0.15, 0.2) is 17.9 Å². The van der Waals surface area contributed by atoms with Gasteiger partial charge in [-0.3, -0.25) is 0 Å². The molecular weight excluding hydrogens is 203 g/mol. The minimum atomic E-state index is -1.38. The lowest BCUT2D eigenvalue weighted by Crippen LogP contribution is -2.22. The zero-order valence-corrected chi connectivity index (χ0v) is 8.32. The predicted molar refractivity (Wildman–Crippen MR) is 47.8 cm³/mol. The average Bonchev–Trinajstić information content (AvgIpc) is 2.20. The molecule has 0 bridgehead atoms. The number of ether oxygens (including phenoxy) is 2. The highest BCUT2D eigenvalue weighted by molar-refractivity contribution is 5.86. The Bertz CT molecular complexity index is 364. The van der Waals surface area contributed by atoms with Crippen molar-refractivity contribution in [3.8, 4) is 5.75 Å². The quantitative estimate of drug-likeness (QED) is 0.686. The van der Waals surface area contributed by atoms with Gasteiger partial charge in [-0.1, -0.05) is 0 Å². The van der Waals surface area contributed by atoms with Gasteiger partial charge in [0.25, 0.3) is 0 Å². The van der Waals surface area contributed by atoms with Crippen LogP contribution in [0, 0.1) is 5.82 Å². The molecule has 15 heavy (non-hydrogen) atoms. The van der Waals surface area contributed by atoms with Gasteiger partial charge in [-0.2, -0.15) is 0 Å². The third-order valence-corrected chi connectivity index (χ3v) is 1.79. The van der Waals surface area contributed by atoms with Crippen LogP contribution in [0.3, 0.4) is 0 Å². The van der Waals surface area contributed by atoms with Crippen molar-refractivity contribution < 1.29 is 23.8 Å². The number of hydrogen-bond donors (Lipinski definition) is 0. The third kappa shape index (κ3) is 2.92. The molecule has 0 amide bonds. The number of hydrogen-bond acceptors (Lipinski definition) is 4. The summed E-state index contributed by atoms with van der Waals surface area (Å²) in [5.41, 5.74) is -0.144. The van der Waals surface area contributed by atoms with Crippen molar-refractivity contribution in [2.45, 2.75) is 13.2 Å². The number of methoxy groups -OCH3 is 1. The number of benzene rings is 1. The summed E-state index contributed by atoms with van der Waals surface area (Å²) in [5, 5.41) is 10.5. The minimum absolute atomic E-state index is 0.144. The Hall–Kier alpha value is -1.62. The number of carbonyl (C=O) groups is 1. The van der Waals surface area contributed by atoms with Gasteiger partial charge >= 0.3 is 0 Å². The number of carboxylic acids is 1. The second kappa shape index (κ2) is 4.75. The van der Waals surface area contributed by atoms with Crippen molar-refractivity contribution in [3.63, 3.8) is 0 Å². The Morgan fingerprint density at radius 3 is 2.73 bits per heavy atom. The van der Waals surface area contributed by atoms with Crippen molar-refractivity contribution >= 4 is 5.97 Å². The van der Waals surface area contributed by atoms with Crippen molar-refractivity contribution in [2.24, 2.45) is 0 Å². The molecule has 4 nitrogen and oxygen atoms in total. The fourth-order valence-electron chi connectivity index (χ4n) is 0.948. The van der Waals surface area contributed by atoms with E-state index in [1.807, 2.05) is 0 Å². The SMILES string of the molecule is COC(C)Oc1cc(C(=O)[O-])ccc1F. The van der Waals surface area contributed by atoms with Crippen LogP contribution in [-0.4, -0.2) is 19.4 Å². The maximum Gasteiger partial charge on any atom is 0.196 e. The van der Waals surface area contributed by atoms with Gasteiger partial charge in [-0.05, 0) is 25.1 Å². The summed E-state index contributed by atoms with van der Waals surface area (Å²) in [6.45, 7) is 1.56. The van der Waals surface area contributed by atoms with E-state index in [1.165, 1.54) is 7.11 Å². The number of carboxylic acid groups (broad SMARTS) is 1. The molecule has 0 N–H and O–H groups in total. The molecular formula is C10H10FO4-. The number of halogens is 1. The van der Waals surface area contributed by atoms with Crippen LogP contribution in [0.1, 0.15) is 17.3 Å². The van der Waals surface area contributed by atoms with Crippen molar-refractivity contribution in [1.82, 2.24) is 0 Å². The molecule has 1 rings (SSSR count). The van der Waals surface area contributed by atoms with Gasteiger partial charge in [0.2, 0.25) is 0 Å². The van der Waals surface area contributed by atoms with Gasteiger partial charge in [0.1, 0.15) is 0 Å². The zero-order valence-electron chi connectivity index (χ0n) is 8.32. The van der Waals surface area contributed by atoms with E-state index < -0.39 is 18.1 Å².